The van der Waals surface area contributed by atoms with E-state index >= 15 is 0 Å². The van der Waals surface area contributed by atoms with Crippen LogP contribution in [0.2, 0.25) is 0 Å². The second-order valence-electron chi connectivity index (χ2n) is 3.88. The minimum Gasteiger partial charge on any atom is -0.394 e. The van der Waals surface area contributed by atoms with Crippen molar-refractivity contribution in [3.05, 3.63) is 17.5 Å². The lowest BCUT2D eigenvalue weighted by Crippen LogP contribution is -2.42. The van der Waals surface area contributed by atoms with Gasteiger partial charge in [-0.3, -0.25) is 0 Å². The standard InChI is InChI=1S/C10H17NOS2/c1-8(6-10(2,11)7-12)14-9-4-3-5-13-9/h3-5,8,12H,6-7,11H2,1-2H3. The summed E-state index contributed by atoms with van der Waals surface area (Å²) in [6.07, 6.45) is 0.825. The van der Waals surface area contributed by atoms with Gasteiger partial charge in [0, 0.05) is 10.8 Å². The fraction of sp³-hybridized carbons (Fsp3) is 0.600. The van der Waals surface area contributed by atoms with Gasteiger partial charge in [0.25, 0.3) is 0 Å². The topological polar surface area (TPSA) is 46.2 Å². The van der Waals surface area contributed by atoms with Gasteiger partial charge in [0.1, 0.15) is 0 Å². The fourth-order valence-electron chi connectivity index (χ4n) is 1.29. The molecule has 80 valence electrons. The first-order chi connectivity index (χ1) is 6.53. The quantitative estimate of drug-likeness (QED) is 0.765. The summed E-state index contributed by atoms with van der Waals surface area (Å²) >= 11 is 3.56. The van der Waals surface area contributed by atoms with Crippen molar-refractivity contribution in [2.75, 3.05) is 6.61 Å². The molecule has 1 aromatic heterocycles. The molecule has 0 saturated heterocycles. The summed E-state index contributed by atoms with van der Waals surface area (Å²) in [7, 11) is 0. The predicted octanol–water partition coefficient (Wildman–Crippen LogP) is 2.33. The third-order valence-electron chi connectivity index (χ3n) is 1.93. The molecular weight excluding hydrogens is 214 g/mol. The number of hydrogen-bond donors (Lipinski definition) is 2. The Morgan fingerprint density at radius 2 is 2.43 bits per heavy atom. The molecular formula is C10H17NOS2. The van der Waals surface area contributed by atoms with E-state index in [4.69, 9.17) is 10.8 Å². The Bertz CT molecular complexity index is 259. The maximum absolute atomic E-state index is 9.04. The Morgan fingerprint density at radius 3 is 2.93 bits per heavy atom. The minimum absolute atomic E-state index is 0.0440. The van der Waals surface area contributed by atoms with Gasteiger partial charge in [-0.25, -0.2) is 0 Å². The van der Waals surface area contributed by atoms with Crippen molar-refractivity contribution in [2.24, 2.45) is 5.73 Å². The fourth-order valence-corrected chi connectivity index (χ4v) is 3.64. The van der Waals surface area contributed by atoms with Gasteiger partial charge < -0.3 is 10.8 Å². The molecule has 2 unspecified atom stereocenters. The molecule has 1 heterocycles. The highest BCUT2D eigenvalue weighted by Gasteiger charge is 2.21. The molecule has 14 heavy (non-hydrogen) atoms. The van der Waals surface area contributed by atoms with E-state index in [1.807, 2.05) is 24.8 Å². The van der Waals surface area contributed by atoms with E-state index in [1.54, 1.807) is 11.3 Å². The molecule has 2 nitrogen and oxygen atoms in total. The van der Waals surface area contributed by atoms with E-state index in [9.17, 15) is 0 Å². The second-order valence-corrected chi connectivity index (χ2v) is 6.56. The summed E-state index contributed by atoms with van der Waals surface area (Å²) in [5.41, 5.74) is 5.43. The van der Waals surface area contributed by atoms with Crippen molar-refractivity contribution in [1.29, 1.82) is 0 Å². The zero-order valence-corrected chi connectivity index (χ0v) is 10.2. The highest BCUT2D eigenvalue weighted by Crippen LogP contribution is 2.30. The second kappa shape index (κ2) is 5.16. The molecule has 0 aliphatic carbocycles. The normalized spacial score (nSPS) is 17.7. The van der Waals surface area contributed by atoms with Crippen molar-refractivity contribution < 1.29 is 5.11 Å². The van der Waals surface area contributed by atoms with E-state index in [1.165, 1.54) is 4.21 Å². The monoisotopic (exact) mass is 231 g/mol. The van der Waals surface area contributed by atoms with Crippen LogP contribution in [0.1, 0.15) is 20.3 Å². The van der Waals surface area contributed by atoms with E-state index < -0.39 is 5.54 Å². The molecule has 0 amide bonds. The molecule has 0 radical (unpaired) electrons. The van der Waals surface area contributed by atoms with Crippen molar-refractivity contribution in [3.8, 4) is 0 Å². The van der Waals surface area contributed by atoms with E-state index in [0.717, 1.165) is 6.42 Å². The summed E-state index contributed by atoms with van der Waals surface area (Å²) in [6.45, 7) is 4.08. The van der Waals surface area contributed by atoms with Gasteiger partial charge in [-0.1, -0.05) is 13.0 Å². The summed E-state index contributed by atoms with van der Waals surface area (Å²) < 4.78 is 1.31. The van der Waals surface area contributed by atoms with Crippen LogP contribution in [0.15, 0.2) is 21.7 Å². The van der Waals surface area contributed by atoms with E-state index in [2.05, 4.69) is 18.4 Å². The van der Waals surface area contributed by atoms with Crippen molar-refractivity contribution in [1.82, 2.24) is 0 Å². The van der Waals surface area contributed by atoms with Crippen LogP contribution >= 0.6 is 23.1 Å². The highest BCUT2D eigenvalue weighted by atomic mass is 32.2. The van der Waals surface area contributed by atoms with Crippen LogP contribution in [0, 0.1) is 0 Å². The SMILES string of the molecule is CC(CC(C)(N)CO)Sc1cccs1. The summed E-state index contributed by atoms with van der Waals surface area (Å²) in [4.78, 5) is 0. The Morgan fingerprint density at radius 1 is 1.71 bits per heavy atom. The van der Waals surface area contributed by atoms with E-state index in [0.29, 0.717) is 5.25 Å². The molecule has 0 saturated carbocycles. The van der Waals surface area contributed by atoms with Gasteiger partial charge in [-0.15, -0.1) is 23.1 Å². The zero-order chi connectivity index (χ0) is 10.6. The number of aliphatic hydroxyl groups is 1. The van der Waals surface area contributed by atoms with Crippen LogP contribution in [0.4, 0.5) is 0 Å². The smallest absolute Gasteiger partial charge is 0.0608 e. The lowest BCUT2D eigenvalue weighted by molar-refractivity contribution is 0.201. The molecule has 3 N–H and O–H groups in total. The molecule has 4 heteroatoms. The third kappa shape index (κ3) is 4.00. The maximum atomic E-state index is 9.04. The number of aliphatic hydroxyl groups excluding tert-OH is 1. The number of nitrogens with two attached hydrogens (primary N) is 1. The van der Waals surface area contributed by atoms with Crippen LogP contribution in [-0.2, 0) is 0 Å². The van der Waals surface area contributed by atoms with Crippen LogP contribution in [-0.4, -0.2) is 22.5 Å². The van der Waals surface area contributed by atoms with Crippen LogP contribution in [0.25, 0.3) is 0 Å². The highest BCUT2D eigenvalue weighted by molar-refractivity contribution is 8.01. The van der Waals surface area contributed by atoms with Gasteiger partial charge in [0.15, 0.2) is 0 Å². The molecule has 1 aromatic rings. The van der Waals surface area contributed by atoms with Gasteiger partial charge in [0.2, 0.25) is 0 Å². The average Bonchev–Trinajstić information content (AvgIpc) is 2.55. The molecule has 1 rings (SSSR count). The molecule has 0 aliphatic heterocycles. The molecule has 0 spiro atoms. The third-order valence-corrected chi connectivity index (χ3v) is 4.10. The largest absolute Gasteiger partial charge is 0.394 e. The first kappa shape index (κ1) is 12.0. The Balaban J connectivity index is 2.40. The summed E-state index contributed by atoms with van der Waals surface area (Å²) in [6, 6.07) is 4.16. The van der Waals surface area contributed by atoms with E-state index in [-0.39, 0.29) is 6.61 Å². The van der Waals surface area contributed by atoms with Crippen molar-refractivity contribution in [3.63, 3.8) is 0 Å². The average molecular weight is 231 g/mol. The van der Waals surface area contributed by atoms with Crippen molar-refractivity contribution in [2.45, 2.75) is 35.3 Å². The van der Waals surface area contributed by atoms with Gasteiger partial charge in [-0.05, 0) is 24.8 Å². The molecule has 0 aliphatic rings. The minimum atomic E-state index is -0.455. The first-order valence-electron chi connectivity index (χ1n) is 4.63. The lowest BCUT2D eigenvalue weighted by atomic mass is 9.99. The zero-order valence-electron chi connectivity index (χ0n) is 8.56. The molecule has 2 atom stereocenters. The van der Waals surface area contributed by atoms with Gasteiger partial charge >= 0.3 is 0 Å². The lowest BCUT2D eigenvalue weighted by Gasteiger charge is -2.24. The Labute approximate surface area is 93.5 Å². The molecule has 0 aromatic carbocycles. The first-order valence-corrected chi connectivity index (χ1v) is 6.39. The summed E-state index contributed by atoms with van der Waals surface area (Å²) in [5.74, 6) is 0. The number of rotatable bonds is 5. The van der Waals surface area contributed by atoms with Crippen LogP contribution < -0.4 is 5.73 Å². The van der Waals surface area contributed by atoms with Gasteiger partial charge in [0.05, 0.1) is 10.8 Å². The Hall–Kier alpha value is -0.0300. The van der Waals surface area contributed by atoms with Crippen molar-refractivity contribution >= 4 is 23.1 Å². The summed E-state index contributed by atoms with van der Waals surface area (Å²) in [5, 5.41) is 11.6. The van der Waals surface area contributed by atoms with Crippen LogP contribution in [0.5, 0.6) is 0 Å². The predicted molar refractivity (Wildman–Crippen MR) is 63.9 cm³/mol. The number of thioether (sulfide) groups is 1. The maximum Gasteiger partial charge on any atom is 0.0608 e. The van der Waals surface area contributed by atoms with Gasteiger partial charge in [-0.2, -0.15) is 0 Å². The molecule has 0 bridgehead atoms. The number of thiophene rings is 1. The Kier molecular flexibility index (Phi) is 4.44. The number of hydrogen-bond acceptors (Lipinski definition) is 4. The van der Waals surface area contributed by atoms with Crippen LogP contribution in [0.3, 0.4) is 0 Å². The molecule has 0 fully saturated rings.